The van der Waals surface area contributed by atoms with E-state index in [9.17, 15) is 9.59 Å². The third kappa shape index (κ3) is 7.52. The van der Waals surface area contributed by atoms with E-state index in [0.29, 0.717) is 6.54 Å². The maximum Gasteiger partial charge on any atom is 0.244 e. The highest BCUT2D eigenvalue weighted by Crippen LogP contribution is 2.45. The van der Waals surface area contributed by atoms with E-state index in [0.717, 1.165) is 30.4 Å². The Morgan fingerprint density at radius 3 is 1.94 bits per heavy atom. The van der Waals surface area contributed by atoms with Crippen LogP contribution in [0.15, 0.2) is 72.8 Å². The molecular formula is C28H34N2O2. The van der Waals surface area contributed by atoms with Crippen LogP contribution in [0.3, 0.4) is 0 Å². The van der Waals surface area contributed by atoms with Gasteiger partial charge < -0.3 is 10.6 Å². The largest absolute Gasteiger partial charge is 0.352 e. The number of hydrogen-bond acceptors (Lipinski definition) is 2. The lowest BCUT2D eigenvalue weighted by Crippen LogP contribution is -2.50. The van der Waals surface area contributed by atoms with Gasteiger partial charge in [-0.25, -0.2) is 0 Å². The number of hydrogen-bond donors (Lipinski definition) is 2. The van der Waals surface area contributed by atoms with Crippen LogP contribution in [0.25, 0.3) is 12.2 Å². The topological polar surface area (TPSA) is 58.2 Å². The number of carbonyl (C=O) groups excluding carboxylic acids is 2. The maximum absolute atomic E-state index is 12.5. The molecule has 2 N–H and O–H groups in total. The van der Waals surface area contributed by atoms with Crippen molar-refractivity contribution in [3.63, 3.8) is 0 Å². The molecule has 4 heteroatoms. The van der Waals surface area contributed by atoms with Crippen molar-refractivity contribution in [2.45, 2.75) is 46.1 Å². The zero-order valence-electron chi connectivity index (χ0n) is 19.3. The highest BCUT2D eigenvalue weighted by atomic mass is 16.2. The van der Waals surface area contributed by atoms with Crippen LogP contribution < -0.4 is 10.6 Å². The molecule has 3 rings (SSSR count). The molecule has 2 unspecified atom stereocenters. The first-order chi connectivity index (χ1) is 15.2. The Morgan fingerprint density at radius 1 is 0.844 bits per heavy atom. The van der Waals surface area contributed by atoms with Gasteiger partial charge in [-0.15, -0.1) is 0 Å². The van der Waals surface area contributed by atoms with Crippen LogP contribution in [0.5, 0.6) is 0 Å². The van der Waals surface area contributed by atoms with Gasteiger partial charge >= 0.3 is 0 Å². The molecule has 0 saturated heterocycles. The molecule has 32 heavy (non-hydrogen) atoms. The monoisotopic (exact) mass is 430 g/mol. The van der Waals surface area contributed by atoms with Crippen molar-refractivity contribution in [3.8, 4) is 0 Å². The quantitative estimate of drug-likeness (QED) is 0.591. The van der Waals surface area contributed by atoms with Crippen LogP contribution in [-0.2, 0) is 9.59 Å². The van der Waals surface area contributed by atoms with Crippen molar-refractivity contribution in [2.24, 2.45) is 10.8 Å². The molecule has 2 aromatic carbocycles. The fourth-order valence-electron chi connectivity index (χ4n) is 4.95. The standard InChI is InChI=1S/C28H34N2O2/c1-27(2)18-24(30-26(32)17-15-23-12-8-5-9-13-23)19-28(3,20-27)21-29-25(31)16-14-22-10-6-4-7-11-22/h4-17,24H,18-21H2,1-3H3,(H,29,31)(H,30,32). The Morgan fingerprint density at radius 2 is 1.38 bits per heavy atom. The van der Waals surface area contributed by atoms with Gasteiger partial charge in [-0.05, 0) is 53.4 Å². The number of carbonyl (C=O) groups is 2. The minimum absolute atomic E-state index is 0.0752. The van der Waals surface area contributed by atoms with Crippen LogP contribution in [0.4, 0.5) is 0 Å². The number of amides is 2. The minimum Gasteiger partial charge on any atom is -0.352 e. The highest BCUT2D eigenvalue weighted by Gasteiger charge is 2.41. The van der Waals surface area contributed by atoms with Gasteiger partial charge in [0.2, 0.25) is 11.8 Å². The van der Waals surface area contributed by atoms with Crippen molar-refractivity contribution in [1.29, 1.82) is 0 Å². The summed E-state index contributed by atoms with van der Waals surface area (Å²) in [5, 5.41) is 6.25. The third-order valence-corrected chi connectivity index (χ3v) is 5.93. The van der Waals surface area contributed by atoms with Crippen LogP contribution >= 0.6 is 0 Å². The molecule has 4 nitrogen and oxygen atoms in total. The fraction of sp³-hybridized carbons (Fsp3) is 0.357. The lowest BCUT2D eigenvalue weighted by molar-refractivity contribution is -0.119. The fourth-order valence-corrected chi connectivity index (χ4v) is 4.95. The van der Waals surface area contributed by atoms with Crippen molar-refractivity contribution < 1.29 is 9.59 Å². The predicted molar refractivity (Wildman–Crippen MR) is 132 cm³/mol. The van der Waals surface area contributed by atoms with Crippen molar-refractivity contribution >= 4 is 24.0 Å². The first kappa shape index (κ1) is 23.5. The second-order valence-electron chi connectivity index (χ2n) is 9.97. The van der Waals surface area contributed by atoms with E-state index in [1.165, 1.54) is 0 Å². The average Bonchev–Trinajstić information content (AvgIpc) is 2.75. The molecule has 2 atom stereocenters. The van der Waals surface area contributed by atoms with Crippen LogP contribution in [0.2, 0.25) is 0 Å². The SMILES string of the molecule is CC1(C)CC(NC(=O)C=Cc2ccccc2)CC(C)(CNC(=O)C=Cc2ccccc2)C1. The highest BCUT2D eigenvalue weighted by molar-refractivity contribution is 5.92. The molecule has 168 valence electrons. The molecule has 2 amide bonds. The Balaban J connectivity index is 1.56. The van der Waals surface area contributed by atoms with E-state index < -0.39 is 0 Å². The molecule has 2 aromatic rings. The number of rotatable bonds is 7. The maximum atomic E-state index is 12.5. The first-order valence-corrected chi connectivity index (χ1v) is 11.3. The van der Waals surface area contributed by atoms with E-state index in [1.807, 2.05) is 72.8 Å². The smallest absolute Gasteiger partial charge is 0.244 e. The Hall–Kier alpha value is -3.14. The lowest BCUT2D eigenvalue weighted by atomic mass is 9.62. The van der Waals surface area contributed by atoms with Crippen molar-refractivity contribution in [3.05, 3.63) is 83.9 Å². The zero-order chi connectivity index (χ0) is 23.0. The minimum atomic E-state index is -0.0927. The average molecular weight is 431 g/mol. The Bertz CT molecular complexity index is 963. The molecule has 0 spiro atoms. The summed E-state index contributed by atoms with van der Waals surface area (Å²) in [6.07, 6.45) is 9.60. The van der Waals surface area contributed by atoms with E-state index in [-0.39, 0.29) is 28.7 Å². The summed E-state index contributed by atoms with van der Waals surface area (Å²) in [7, 11) is 0. The zero-order valence-corrected chi connectivity index (χ0v) is 19.3. The van der Waals surface area contributed by atoms with E-state index in [1.54, 1.807) is 12.2 Å². The van der Waals surface area contributed by atoms with Gasteiger partial charge in [-0.1, -0.05) is 81.4 Å². The molecule has 1 aliphatic carbocycles. The molecular weight excluding hydrogens is 396 g/mol. The summed E-state index contributed by atoms with van der Waals surface area (Å²) < 4.78 is 0. The van der Waals surface area contributed by atoms with E-state index in [4.69, 9.17) is 0 Å². The predicted octanol–water partition coefficient (Wildman–Crippen LogP) is 5.23. The summed E-state index contributed by atoms with van der Waals surface area (Å²) in [5.41, 5.74) is 2.00. The van der Waals surface area contributed by atoms with E-state index in [2.05, 4.69) is 31.4 Å². The van der Waals surface area contributed by atoms with Crippen LogP contribution in [0.1, 0.15) is 51.2 Å². The molecule has 1 fully saturated rings. The molecule has 0 aromatic heterocycles. The molecule has 0 aliphatic heterocycles. The third-order valence-electron chi connectivity index (χ3n) is 5.93. The van der Waals surface area contributed by atoms with Gasteiger partial charge in [0.15, 0.2) is 0 Å². The summed E-state index contributed by atoms with van der Waals surface area (Å²) in [6, 6.07) is 19.7. The number of benzene rings is 2. The second-order valence-corrected chi connectivity index (χ2v) is 9.97. The van der Waals surface area contributed by atoms with Gasteiger partial charge in [0.05, 0.1) is 0 Å². The summed E-state index contributed by atoms with van der Waals surface area (Å²) in [4.78, 5) is 24.9. The van der Waals surface area contributed by atoms with E-state index >= 15 is 0 Å². The summed E-state index contributed by atoms with van der Waals surface area (Å²) in [6.45, 7) is 7.26. The number of nitrogens with one attached hydrogen (secondary N) is 2. The normalized spacial score (nSPS) is 22.7. The Kier molecular flexibility index (Phi) is 7.68. The van der Waals surface area contributed by atoms with Gasteiger partial charge in [0.25, 0.3) is 0 Å². The van der Waals surface area contributed by atoms with Crippen molar-refractivity contribution in [2.75, 3.05) is 6.54 Å². The van der Waals surface area contributed by atoms with Gasteiger partial charge in [0.1, 0.15) is 0 Å². The second kappa shape index (κ2) is 10.4. The van der Waals surface area contributed by atoms with Crippen LogP contribution in [0, 0.1) is 10.8 Å². The molecule has 0 heterocycles. The summed E-state index contributed by atoms with van der Waals surface area (Å²) in [5.74, 6) is -0.168. The van der Waals surface area contributed by atoms with Gasteiger partial charge in [0, 0.05) is 24.7 Å². The first-order valence-electron chi connectivity index (χ1n) is 11.3. The molecule has 0 bridgehead atoms. The molecule has 0 radical (unpaired) electrons. The lowest BCUT2D eigenvalue weighted by Gasteiger charge is -2.46. The molecule has 1 aliphatic rings. The molecule has 1 saturated carbocycles. The van der Waals surface area contributed by atoms with Crippen LogP contribution in [-0.4, -0.2) is 24.4 Å². The van der Waals surface area contributed by atoms with Gasteiger partial charge in [-0.2, -0.15) is 0 Å². The Labute approximate surface area is 191 Å². The van der Waals surface area contributed by atoms with Gasteiger partial charge in [-0.3, -0.25) is 9.59 Å². The van der Waals surface area contributed by atoms with Crippen molar-refractivity contribution in [1.82, 2.24) is 10.6 Å². The summed E-state index contributed by atoms with van der Waals surface area (Å²) >= 11 is 0.